The van der Waals surface area contributed by atoms with Gasteiger partial charge in [-0.15, -0.1) is 0 Å². The Morgan fingerprint density at radius 1 is 1.11 bits per heavy atom. The van der Waals surface area contributed by atoms with E-state index in [2.05, 4.69) is 0 Å². The fourth-order valence-electron chi connectivity index (χ4n) is 5.28. The first kappa shape index (κ1) is 25.2. The Morgan fingerprint density at radius 2 is 1.89 bits per heavy atom. The zero-order valence-corrected chi connectivity index (χ0v) is 19.1. The van der Waals surface area contributed by atoms with E-state index in [4.69, 9.17) is 28.4 Å². The minimum Gasteiger partial charge on any atom is -0.504 e. The van der Waals surface area contributed by atoms with Crippen LogP contribution in [-0.2, 0) is 23.7 Å². The highest BCUT2D eigenvalue weighted by molar-refractivity contribution is 5.90. The highest BCUT2D eigenvalue weighted by Crippen LogP contribution is 2.60. The number of methoxy groups -OCH3 is 1. The molecule has 1 aromatic rings. The number of ether oxygens (including phenoxy) is 6. The van der Waals surface area contributed by atoms with Crippen LogP contribution in [0.2, 0.25) is 0 Å². The van der Waals surface area contributed by atoms with Crippen molar-refractivity contribution in [2.75, 3.05) is 20.3 Å². The molecule has 0 amide bonds. The van der Waals surface area contributed by atoms with Crippen LogP contribution in [0.4, 0.5) is 0 Å². The molecule has 1 saturated carbocycles. The average molecular weight is 512 g/mol. The lowest BCUT2D eigenvalue weighted by molar-refractivity contribution is -0.344. The van der Waals surface area contributed by atoms with Gasteiger partial charge in [0, 0.05) is 5.92 Å². The van der Waals surface area contributed by atoms with Crippen LogP contribution < -0.4 is 4.74 Å². The van der Waals surface area contributed by atoms with Crippen molar-refractivity contribution in [2.45, 2.75) is 54.8 Å². The van der Waals surface area contributed by atoms with Crippen molar-refractivity contribution in [1.29, 1.82) is 0 Å². The molecule has 3 fully saturated rings. The molecule has 2 saturated heterocycles. The number of rotatable bonds is 7. The van der Waals surface area contributed by atoms with E-state index in [9.17, 15) is 35.4 Å². The number of phenols is 1. The fourth-order valence-corrected chi connectivity index (χ4v) is 5.28. The average Bonchev–Trinajstić information content (AvgIpc) is 3.56. The summed E-state index contributed by atoms with van der Waals surface area (Å²) in [4.78, 5) is 12.9. The Morgan fingerprint density at radius 3 is 2.58 bits per heavy atom. The molecule has 11 atom stereocenters. The topological polar surface area (TPSA) is 197 Å². The molecule has 4 aliphatic rings. The van der Waals surface area contributed by atoms with E-state index < -0.39 is 85.8 Å². The number of carbonyl (C=O) groups excluding carboxylic acids is 1. The van der Waals surface area contributed by atoms with Crippen molar-refractivity contribution in [3.05, 3.63) is 36.1 Å². The van der Waals surface area contributed by atoms with Gasteiger partial charge in [0.05, 0.1) is 38.1 Å². The molecule has 0 radical (unpaired) electrons. The standard InChI is InChI=1S/C23H28O13/c1-31-12-6-9(2-3-11(12)26)20(30)34-18-10-4-5-32-21(14(10)23(8-25)19(18)36-23)35-22-17(29)16(28)15(27)13(7-24)33-22/h2-6,10,13-19,21-22,24-29H,7-8H2,1H3/t10-,13-,14-,15-,16+,17-,18+,19+,21+,22+,23+/m1/s1. The maximum Gasteiger partial charge on any atom is 0.338 e. The molecule has 13 nitrogen and oxygen atoms in total. The number of hydrogen-bond acceptors (Lipinski definition) is 13. The highest BCUT2D eigenvalue weighted by Gasteiger charge is 2.77. The number of hydrogen-bond donors (Lipinski definition) is 6. The van der Waals surface area contributed by atoms with Crippen LogP contribution in [0.3, 0.4) is 0 Å². The number of esters is 1. The van der Waals surface area contributed by atoms with Gasteiger partial charge in [0.2, 0.25) is 6.29 Å². The normalized spacial score (nSPS) is 42.7. The van der Waals surface area contributed by atoms with E-state index in [1.165, 1.54) is 31.6 Å². The number of aliphatic hydroxyl groups is 5. The zero-order chi connectivity index (χ0) is 25.8. The van der Waals surface area contributed by atoms with Gasteiger partial charge in [0.25, 0.3) is 0 Å². The molecule has 0 bridgehead atoms. The van der Waals surface area contributed by atoms with Crippen molar-refractivity contribution in [3.63, 3.8) is 0 Å². The van der Waals surface area contributed by atoms with E-state index in [1.54, 1.807) is 6.08 Å². The predicted octanol–water partition coefficient (Wildman–Crippen LogP) is -2.01. The summed E-state index contributed by atoms with van der Waals surface area (Å²) in [5.41, 5.74) is -1.03. The van der Waals surface area contributed by atoms with Gasteiger partial charge in [-0.3, -0.25) is 0 Å². The second kappa shape index (κ2) is 9.43. The Kier molecular flexibility index (Phi) is 6.59. The van der Waals surface area contributed by atoms with Gasteiger partial charge >= 0.3 is 5.97 Å². The van der Waals surface area contributed by atoms with Crippen LogP contribution in [0.1, 0.15) is 10.4 Å². The first-order valence-corrected chi connectivity index (χ1v) is 11.4. The van der Waals surface area contributed by atoms with Crippen LogP contribution in [0.5, 0.6) is 11.5 Å². The van der Waals surface area contributed by atoms with Gasteiger partial charge in [-0.25, -0.2) is 4.79 Å². The molecule has 1 aliphatic carbocycles. The number of fused-ring (bicyclic) bond motifs is 3. The number of aromatic hydroxyl groups is 1. The van der Waals surface area contributed by atoms with Crippen molar-refractivity contribution in [2.24, 2.45) is 11.8 Å². The molecule has 0 unspecified atom stereocenters. The summed E-state index contributed by atoms with van der Waals surface area (Å²) in [6.07, 6.45) is -7.19. The monoisotopic (exact) mass is 512 g/mol. The van der Waals surface area contributed by atoms with Gasteiger partial charge < -0.3 is 59.1 Å². The maximum atomic E-state index is 12.9. The first-order chi connectivity index (χ1) is 17.2. The van der Waals surface area contributed by atoms with Crippen molar-refractivity contribution >= 4 is 5.97 Å². The van der Waals surface area contributed by atoms with Crippen molar-refractivity contribution in [1.82, 2.24) is 0 Å². The number of benzene rings is 1. The van der Waals surface area contributed by atoms with Crippen molar-refractivity contribution < 1.29 is 63.9 Å². The largest absolute Gasteiger partial charge is 0.504 e. The molecule has 0 aromatic heterocycles. The third kappa shape index (κ3) is 3.92. The Labute approximate surface area is 205 Å². The smallest absolute Gasteiger partial charge is 0.338 e. The summed E-state index contributed by atoms with van der Waals surface area (Å²) < 4.78 is 33.4. The van der Waals surface area contributed by atoms with Crippen LogP contribution in [0, 0.1) is 11.8 Å². The first-order valence-electron chi connectivity index (χ1n) is 11.4. The summed E-state index contributed by atoms with van der Waals surface area (Å²) in [6, 6.07) is 4.02. The fraction of sp³-hybridized carbons (Fsp3) is 0.609. The minimum absolute atomic E-state index is 0.0973. The SMILES string of the molecule is COc1cc(C(=O)O[C@H]2[C@@H]3C=CO[C@@H](O[C@@H]4O[C@H](CO)[C@@H](O)[C@H](O)[C@H]4O)[C@@H]3[C@]3(CO)O[C@@H]23)ccc1O. The lowest BCUT2D eigenvalue weighted by Crippen LogP contribution is -2.60. The molecule has 1 aromatic carbocycles. The second-order valence-corrected chi connectivity index (χ2v) is 9.18. The molecule has 13 heteroatoms. The number of carbonyl (C=O) groups is 1. The summed E-state index contributed by atoms with van der Waals surface area (Å²) in [6.45, 7) is -1.07. The molecular weight excluding hydrogens is 484 g/mol. The van der Waals surface area contributed by atoms with E-state index >= 15 is 0 Å². The van der Waals surface area contributed by atoms with E-state index in [0.717, 1.165) is 0 Å². The predicted molar refractivity (Wildman–Crippen MR) is 114 cm³/mol. The Balaban J connectivity index is 1.35. The molecule has 5 rings (SSSR count). The zero-order valence-electron chi connectivity index (χ0n) is 19.1. The van der Waals surface area contributed by atoms with Gasteiger partial charge in [0.1, 0.15) is 42.2 Å². The van der Waals surface area contributed by atoms with E-state index in [1.807, 2.05) is 0 Å². The lowest BCUT2D eigenvalue weighted by atomic mass is 9.85. The molecule has 0 spiro atoms. The molecule has 3 heterocycles. The van der Waals surface area contributed by atoms with Gasteiger partial charge in [-0.1, -0.05) is 0 Å². The van der Waals surface area contributed by atoms with Crippen LogP contribution >= 0.6 is 0 Å². The number of aliphatic hydroxyl groups excluding tert-OH is 5. The number of epoxide rings is 1. The van der Waals surface area contributed by atoms with E-state index in [-0.39, 0.29) is 17.1 Å². The van der Waals surface area contributed by atoms with Crippen molar-refractivity contribution in [3.8, 4) is 11.5 Å². The summed E-state index contributed by atoms with van der Waals surface area (Å²) in [5, 5.41) is 59.8. The third-order valence-corrected chi connectivity index (χ3v) is 7.26. The van der Waals surface area contributed by atoms with Crippen LogP contribution in [-0.4, -0.2) is 112 Å². The summed E-state index contributed by atoms with van der Waals surface area (Å²) in [7, 11) is 1.35. The molecule has 198 valence electrons. The summed E-state index contributed by atoms with van der Waals surface area (Å²) >= 11 is 0. The molecule has 6 N–H and O–H groups in total. The summed E-state index contributed by atoms with van der Waals surface area (Å²) in [5.74, 6) is -1.95. The molecule has 36 heavy (non-hydrogen) atoms. The Hall–Kier alpha value is -2.49. The minimum atomic E-state index is -1.66. The Bertz CT molecular complexity index is 1010. The number of phenolic OH excluding ortho intramolecular Hbond substituents is 1. The van der Waals surface area contributed by atoms with Crippen LogP contribution in [0.15, 0.2) is 30.5 Å². The third-order valence-electron chi connectivity index (χ3n) is 7.26. The maximum absolute atomic E-state index is 12.9. The molecular formula is C23H28O13. The van der Waals surface area contributed by atoms with E-state index in [0.29, 0.717) is 0 Å². The highest BCUT2D eigenvalue weighted by atomic mass is 16.8. The van der Waals surface area contributed by atoms with Gasteiger partial charge in [-0.2, -0.15) is 0 Å². The second-order valence-electron chi connectivity index (χ2n) is 9.18. The molecule has 3 aliphatic heterocycles. The quantitative estimate of drug-likeness (QED) is 0.173. The lowest BCUT2D eigenvalue weighted by Gasteiger charge is -2.43. The van der Waals surface area contributed by atoms with Crippen LogP contribution in [0.25, 0.3) is 0 Å². The van der Waals surface area contributed by atoms with Gasteiger partial charge in [0.15, 0.2) is 17.8 Å². The van der Waals surface area contributed by atoms with Gasteiger partial charge in [-0.05, 0) is 24.3 Å².